The fourth-order valence-electron chi connectivity index (χ4n) is 1.96. The van der Waals surface area contributed by atoms with Crippen LogP contribution in [0.5, 0.6) is 5.75 Å². The van der Waals surface area contributed by atoms with E-state index in [1.807, 2.05) is 38.1 Å². The van der Waals surface area contributed by atoms with Gasteiger partial charge in [-0.15, -0.1) is 0 Å². The molecular formula is C16H20N4O3. The molecule has 0 aliphatic rings. The Hall–Kier alpha value is -2.83. The van der Waals surface area contributed by atoms with Crippen LogP contribution in [0.1, 0.15) is 24.3 Å². The molecule has 7 nitrogen and oxygen atoms in total. The summed E-state index contributed by atoms with van der Waals surface area (Å²) in [6.07, 6.45) is 3.16. The van der Waals surface area contributed by atoms with Crippen molar-refractivity contribution in [3.63, 3.8) is 0 Å². The van der Waals surface area contributed by atoms with Gasteiger partial charge in [-0.3, -0.25) is 9.59 Å². The molecule has 2 N–H and O–H groups in total. The van der Waals surface area contributed by atoms with Crippen molar-refractivity contribution in [3.05, 3.63) is 42.5 Å². The zero-order valence-corrected chi connectivity index (χ0v) is 13.4. The fraction of sp³-hybridized carbons (Fsp3) is 0.312. The molecule has 0 unspecified atom stereocenters. The summed E-state index contributed by atoms with van der Waals surface area (Å²) in [4.78, 5) is 27.6. The van der Waals surface area contributed by atoms with Crippen LogP contribution in [0, 0.1) is 0 Å². The number of methoxy groups -OCH3 is 1. The van der Waals surface area contributed by atoms with E-state index in [0.717, 1.165) is 11.4 Å². The Labute approximate surface area is 134 Å². The minimum atomic E-state index is -0.392. The van der Waals surface area contributed by atoms with E-state index in [-0.39, 0.29) is 24.2 Å². The minimum absolute atomic E-state index is 0.0358. The largest absolute Gasteiger partial charge is 0.497 e. The Kier molecular flexibility index (Phi) is 5.35. The van der Waals surface area contributed by atoms with Gasteiger partial charge in [0.2, 0.25) is 5.91 Å². The van der Waals surface area contributed by atoms with Gasteiger partial charge in [-0.05, 0) is 38.1 Å². The average molecular weight is 316 g/mol. The highest BCUT2D eigenvalue weighted by Gasteiger charge is 2.12. The Morgan fingerprint density at radius 3 is 2.57 bits per heavy atom. The lowest BCUT2D eigenvalue weighted by Gasteiger charge is -2.08. The summed E-state index contributed by atoms with van der Waals surface area (Å²) < 4.78 is 6.83. The number of imidazole rings is 1. The van der Waals surface area contributed by atoms with E-state index in [9.17, 15) is 9.59 Å². The fourth-order valence-corrected chi connectivity index (χ4v) is 1.96. The van der Waals surface area contributed by atoms with Gasteiger partial charge in [0, 0.05) is 17.9 Å². The molecule has 2 rings (SSSR count). The molecule has 1 aromatic heterocycles. The zero-order valence-electron chi connectivity index (χ0n) is 13.4. The number of amides is 2. The molecule has 0 aliphatic heterocycles. The smallest absolute Gasteiger partial charge is 0.271 e. The molecule has 1 heterocycles. The third-order valence-corrected chi connectivity index (χ3v) is 3.04. The van der Waals surface area contributed by atoms with Gasteiger partial charge in [0.1, 0.15) is 17.8 Å². The molecular weight excluding hydrogens is 296 g/mol. The number of nitrogens with one attached hydrogen (secondary N) is 2. The molecule has 0 radical (unpaired) electrons. The molecule has 2 amide bonds. The molecule has 2 aromatic rings. The van der Waals surface area contributed by atoms with Crippen LogP contribution in [0.2, 0.25) is 0 Å². The molecule has 0 spiro atoms. The molecule has 7 heteroatoms. The maximum absolute atomic E-state index is 12.0. The molecule has 23 heavy (non-hydrogen) atoms. The maximum Gasteiger partial charge on any atom is 0.271 e. The lowest BCUT2D eigenvalue weighted by atomic mass is 10.3. The number of nitrogens with zero attached hydrogens (tertiary/aromatic N) is 2. The highest BCUT2D eigenvalue weighted by molar-refractivity contribution is 5.94. The number of aromatic nitrogens is 2. The SMILES string of the molecule is COc1ccc(-n2cnc(C(=O)NCC(=O)NC(C)C)c2)cc1. The third-order valence-electron chi connectivity index (χ3n) is 3.04. The van der Waals surface area contributed by atoms with Crippen molar-refractivity contribution in [3.8, 4) is 11.4 Å². The van der Waals surface area contributed by atoms with Crippen molar-refractivity contribution in [2.75, 3.05) is 13.7 Å². The first-order valence-electron chi connectivity index (χ1n) is 7.25. The second-order valence-electron chi connectivity index (χ2n) is 5.27. The van der Waals surface area contributed by atoms with Crippen LogP contribution in [0.25, 0.3) is 5.69 Å². The van der Waals surface area contributed by atoms with Gasteiger partial charge in [0.25, 0.3) is 5.91 Å². The van der Waals surface area contributed by atoms with Crippen LogP contribution in [0.4, 0.5) is 0 Å². The number of hydrogen-bond acceptors (Lipinski definition) is 4. The third kappa shape index (κ3) is 4.57. The standard InChI is InChI=1S/C16H20N4O3/c1-11(2)19-15(21)8-17-16(22)14-9-20(10-18-14)12-4-6-13(23-3)7-5-12/h4-7,9-11H,8H2,1-3H3,(H,17,22)(H,19,21). The van der Waals surface area contributed by atoms with Gasteiger partial charge in [0.05, 0.1) is 13.7 Å². The summed E-state index contributed by atoms with van der Waals surface area (Å²) in [5.74, 6) is 0.127. The maximum atomic E-state index is 12.0. The van der Waals surface area contributed by atoms with E-state index < -0.39 is 5.91 Å². The van der Waals surface area contributed by atoms with Crippen molar-refractivity contribution in [2.45, 2.75) is 19.9 Å². The van der Waals surface area contributed by atoms with Crippen LogP contribution in [0.3, 0.4) is 0 Å². The summed E-state index contributed by atoms with van der Waals surface area (Å²) in [6, 6.07) is 7.40. The molecule has 0 atom stereocenters. The van der Waals surface area contributed by atoms with Gasteiger partial charge >= 0.3 is 0 Å². The van der Waals surface area contributed by atoms with Crippen LogP contribution < -0.4 is 15.4 Å². The van der Waals surface area contributed by atoms with E-state index >= 15 is 0 Å². The topological polar surface area (TPSA) is 85.2 Å². The monoisotopic (exact) mass is 316 g/mol. The predicted molar refractivity (Wildman–Crippen MR) is 85.7 cm³/mol. The Morgan fingerprint density at radius 1 is 1.26 bits per heavy atom. The summed E-state index contributed by atoms with van der Waals surface area (Å²) in [5, 5.41) is 5.24. The van der Waals surface area contributed by atoms with Crippen molar-refractivity contribution in [1.82, 2.24) is 20.2 Å². The van der Waals surface area contributed by atoms with Gasteiger partial charge in [-0.2, -0.15) is 0 Å². The molecule has 122 valence electrons. The van der Waals surface area contributed by atoms with Crippen LogP contribution >= 0.6 is 0 Å². The first-order valence-corrected chi connectivity index (χ1v) is 7.25. The molecule has 0 bridgehead atoms. The zero-order chi connectivity index (χ0) is 16.8. The van der Waals surface area contributed by atoms with Crippen LogP contribution in [-0.4, -0.2) is 41.1 Å². The highest BCUT2D eigenvalue weighted by Crippen LogP contribution is 2.15. The lowest BCUT2D eigenvalue weighted by molar-refractivity contribution is -0.120. The molecule has 0 saturated carbocycles. The van der Waals surface area contributed by atoms with E-state index in [1.54, 1.807) is 24.2 Å². The number of benzene rings is 1. The Balaban J connectivity index is 1.97. The number of hydrogen-bond donors (Lipinski definition) is 2. The van der Waals surface area contributed by atoms with E-state index in [4.69, 9.17) is 4.74 Å². The van der Waals surface area contributed by atoms with E-state index in [2.05, 4.69) is 15.6 Å². The van der Waals surface area contributed by atoms with Crippen molar-refractivity contribution in [1.29, 1.82) is 0 Å². The van der Waals surface area contributed by atoms with Gasteiger partial charge in [0.15, 0.2) is 0 Å². The lowest BCUT2D eigenvalue weighted by Crippen LogP contribution is -2.39. The normalized spacial score (nSPS) is 10.4. The number of rotatable bonds is 6. The first-order chi connectivity index (χ1) is 11.0. The summed E-state index contributed by atoms with van der Waals surface area (Å²) in [5.41, 5.74) is 1.10. The summed E-state index contributed by atoms with van der Waals surface area (Å²) in [7, 11) is 1.60. The van der Waals surface area contributed by atoms with Crippen molar-refractivity contribution < 1.29 is 14.3 Å². The minimum Gasteiger partial charge on any atom is -0.497 e. The van der Waals surface area contributed by atoms with Gasteiger partial charge in [-0.25, -0.2) is 4.98 Å². The van der Waals surface area contributed by atoms with Crippen molar-refractivity contribution in [2.24, 2.45) is 0 Å². The van der Waals surface area contributed by atoms with Gasteiger partial charge < -0.3 is 19.9 Å². The van der Waals surface area contributed by atoms with Crippen LogP contribution in [-0.2, 0) is 4.79 Å². The first kappa shape index (κ1) is 16.5. The van der Waals surface area contributed by atoms with Crippen LogP contribution in [0.15, 0.2) is 36.8 Å². The quantitative estimate of drug-likeness (QED) is 0.837. The summed E-state index contributed by atoms with van der Waals surface area (Å²) >= 11 is 0. The number of carbonyl (C=O) groups excluding carboxylic acids is 2. The second-order valence-corrected chi connectivity index (χ2v) is 5.27. The number of ether oxygens (including phenoxy) is 1. The second kappa shape index (κ2) is 7.44. The number of carbonyl (C=O) groups is 2. The Bertz CT molecular complexity index is 677. The predicted octanol–water partition coefficient (Wildman–Crippen LogP) is 1.14. The van der Waals surface area contributed by atoms with E-state index in [1.165, 1.54) is 0 Å². The molecule has 1 aromatic carbocycles. The highest BCUT2D eigenvalue weighted by atomic mass is 16.5. The molecule has 0 saturated heterocycles. The molecule has 0 aliphatic carbocycles. The summed E-state index contributed by atoms with van der Waals surface area (Å²) in [6.45, 7) is 3.64. The van der Waals surface area contributed by atoms with Gasteiger partial charge in [-0.1, -0.05) is 0 Å². The molecule has 0 fully saturated rings. The Morgan fingerprint density at radius 2 is 1.96 bits per heavy atom. The van der Waals surface area contributed by atoms with E-state index in [0.29, 0.717) is 0 Å². The average Bonchev–Trinajstić information content (AvgIpc) is 3.02. The van der Waals surface area contributed by atoms with Crippen molar-refractivity contribution >= 4 is 11.8 Å².